The molecular weight excluding hydrogens is 370 g/mol. The summed E-state index contributed by atoms with van der Waals surface area (Å²) in [6, 6.07) is 0.350. The maximum absolute atomic E-state index is 12.9. The van der Waals surface area contributed by atoms with Crippen LogP contribution in [0.25, 0.3) is 0 Å². The average molecular weight is 402 g/mol. The molecule has 0 saturated heterocycles. The molecule has 1 aliphatic carbocycles. The molecule has 1 fully saturated rings. The number of hydrogen-bond acceptors (Lipinski definition) is 5. The molecule has 28 heavy (non-hydrogen) atoms. The Morgan fingerprint density at radius 2 is 2.00 bits per heavy atom. The third-order valence-electron chi connectivity index (χ3n) is 6.27. The Labute approximate surface area is 171 Å². The zero-order valence-corrected chi connectivity index (χ0v) is 17.9. The van der Waals surface area contributed by atoms with Crippen LogP contribution in [0.3, 0.4) is 0 Å². The number of thiophene rings is 1. The number of carbonyl (C=O) groups excluding carboxylic acids is 1. The molecule has 2 aromatic rings. The fraction of sp³-hybridized carbons (Fsp3) is 0.636. The van der Waals surface area contributed by atoms with Gasteiger partial charge in [0.1, 0.15) is 5.76 Å². The minimum Gasteiger partial charge on any atom is -0.361 e. The molecule has 0 unspecified atom stereocenters. The number of aromatic nitrogens is 1. The van der Waals surface area contributed by atoms with Gasteiger partial charge in [-0.25, -0.2) is 0 Å². The van der Waals surface area contributed by atoms with Crippen molar-refractivity contribution in [2.45, 2.75) is 84.3 Å². The molecule has 4 rings (SSSR count). The number of amides is 1. The summed E-state index contributed by atoms with van der Waals surface area (Å²) in [7, 11) is 0. The van der Waals surface area contributed by atoms with E-state index in [4.69, 9.17) is 4.52 Å². The largest absolute Gasteiger partial charge is 0.361 e. The molecule has 2 aliphatic rings. The minimum atomic E-state index is 0.141. The Morgan fingerprint density at radius 1 is 1.25 bits per heavy atom. The van der Waals surface area contributed by atoms with Crippen molar-refractivity contribution in [1.82, 2.24) is 15.4 Å². The molecule has 1 saturated carbocycles. The quantitative estimate of drug-likeness (QED) is 0.803. The lowest BCUT2D eigenvalue weighted by molar-refractivity contribution is 0.0929. The van der Waals surface area contributed by atoms with E-state index < -0.39 is 0 Å². The van der Waals surface area contributed by atoms with Crippen LogP contribution >= 0.6 is 11.3 Å². The highest BCUT2D eigenvalue weighted by atomic mass is 32.1. The maximum Gasteiger partial charge on any atom is 0.252 e. The van der Waals surface area contributed by atoms with Gasteiger partial charge in [-0.1, -0.05) is 37.3 Å². The topological polar surface area (TPSA) is 58.4 Å². The molecule has 1 amide bonds. The molecule has 1 N–H and O–H groups in total. The lowest BCUT2D eigenvalue weighted by Crippen LogP contribution is -2.36. The first-order chi connectivity index (χ1) is 13.6. The van der Waals surface area contributed by atoms with Gasteiger partial charge in [0.2, 0.25) is 0 Å². The SMILES string of the molecule is Cc1noc(C)c1CN1CCc2c(C(=O)NC3CCCCCCC3)csc2C1. The third kappa shape index (κ3) is 4.33. The van der Waals surface area contributed by atoms with E-state index in [9.17, 15) is 4.79 Å². The van der Waals surface area contributed by atoms with Crippen molar-refractivity contribution in [3.63, 3.8) is 0 Å². The summed E-state index contributed by atoms with van der Waals surface area (Å²) in [5.74, 6) is 1.05. The van der Waals surface area contributed by atoms with Crippen LogP contribution in [0.2, 0.25) is 0 Å². The number of rotatable bonds is 4. The summed E-state index contributed by atoms with van der Waals surface area (Å²) < 4.78 is 5.30. The maximum atomic E-state index is 12.9. The van der Waals surface area contributed by atoms with Crippen LogP contribution < -0.4 is 5.32 Å². The van der Waals surface area contributed by atoms with Gasteiger partial charge in [-0.3, -0.25) is 9.69 Å². The molecule has 2 aromatic heterocycles. The molecular formula is C22H31N3O2S. The van der Waals surface area contributed by atoms with Crippen molar-refractivity contribution >= 4 is 17.2 Å². The second-order valence-electron chi connectivity index (χ2n) is 8.33. The van der Waals surface area contributed by atoms with Crippen molar-refractivity contribution < 1.29 is 9.32 Å². The highest BCUT2D eigenvalue weighted by molar-refractivity contribution is 7.10. The highest BCUT2D eigenvalue weighted by Crippen LogP contribution is 2.30. The van der Waals surface area contributed by atoms with E-state index in [1.807, 2.05) is 13.8 Å². The molecule has 0 radical (unpaired) electrons. The first-order valence-electron chi connectivity index (χ1n) is 10.7. The van der Waals surface area contributed by atoms with Crippen LogP contribution in [0.15, 0.2) is 9.90 Å². The Morgan fingerprint density at radius 3 is 2.71 bits per heavy atom. The molecule has 3 heterocycles. The second-order valence-corrected chi connectivity index (χ2v) is 9.29. The monoisotopic (exact) mass is 401 g/mol. The van der Waals surface area contributed by atoms with Gasteiger partial charge < -0.3 is 9.84 Å². The zero-order valence-electron chi connectivity index (χ0n) is 17.1. The van der Waals surface area contributed by atoms with Gasteiger partial charge in [-0.2, -0.15) is 0 Å². The lowest BCUT2D eigenvalue weighted by atomic mass is 9.96. The van der Waals surface area contributed by atoms with Gasteiger partial charge in [0, 0.05) is 41.5 Å². The summed E-state index contributed by atoms with van der Waals surface area (Å²) in [5.41, 5.74) is 4.36. The fourth-order valence-electron chi connectivity index (χ4n) is 4.52. The van der Waals surface area contributed by atoms with E-state index in [0.29, 0.717) is 6.04 Å². The average Bonchev–Trinajstić information content (AvgIpc) is 3.22. The smallest absolute Gasteiger partial charge is 0.252 e. The van der Waals surface area contributed by atoms with Crippen LogP contribution in [0.1, 0.15) is 82.8 Å². The molecule has 152 valence electrons. The summed E-state index contributed by atoms with van der Waals surface area (Å²) in [6.07, 6.45) is 9.64. The minimum absolute atomic E-state index is 0.141. The van der Waals surface area contributed by atoms with Crippen molar-refractivity contribution in [2.75, 3.05) is 6.54 Å². The number of hydrogen-bond donors (Lipinski definition) is 1. The summed E-state index contributed by atoms with van der Waals surface area (Å²) in [6.45, 7) is 6.72. The molecule has 0 aromatic carbocycles. The van der Waals surface area contributed by atoms with E-state index >= 15 is 0 Å². The van der Waals surface area contributed by atoms with Crippen molar-refractivity contribution in [3.8, 4) is 0 Å². The van der Waals surface area contributed by atoms with Crippen molar-refractivity contribution in [3.05, 3.63) is 38.4 Å². The molecule has 0 bridgehead atoms. The number of carbonyl (C=O) groups is 1. The van der Waals surface area contributed by atoms with Gasteiger partial charge in [0.15, 0.2) is 0 Å². The zero-order chi connectivity index (χ0) is 19.5. The third-order valence-corrected chi connectivity index (χ3v) is 7.29. The molecule has 6 heteroatoms. The predicted octanol–water partition coefficient (Wildman–Crippen LogP) is 4.75. The molecule has 0 atom stereocenters. The first kappa shape index (κ1) is 19.6. The summed E-state index contributed by atoms with van der Waals surface area (Å²) in [5, 5.41) is 9.48. The van der Waals surface area contributed by atoms with Gasteiger partial charge in [-0.05, 0) is 38.7 Å². The number of nitrogens with zero attached hydrogens (tertiary/aromatic N) is 2. The molecule has 0 spiro atoms. The fourth-order valence-corrected chi connectivity index (χ4v) is 5.64. The van der Waals surface area contributed by atoms with E-state index in [1.165, 1.54) is 48.1 Å². The summed E-state index contributed by atoms with van der Waals surface area (Å²) in [4.78, 5) is 16.7. The number of aryl methyl sites for hydroxylation is 2. The van der Waals surface area contributed by atoms with Crippen LogP contribution in [0.5, 0.6) is 0 Å². The van der Waals surface area contributed by atoms with Crippen LogP contribution in [-0.2, 0) is 19.5 Å². The molecule has 1 aliphatic heterocycles. The highest BCUT2D eigenvalue weighted by Gasteiger charge is 2.26. The van der Waals surface area contributed by atoms with Gasteiger partial charge >= 0.3 is 0 Å². The van der Waals surface area contributed by atoms with Crippen LogP contribution in [0, 0.1) is 13.8 Å². The lowest BCUT2D eigenvalue weighted by Gasteiger charge is -2.27. The Kier molecular flexibility index (Phi) is 6.16. The standard InChI is InChI=1S/C22H31N3O2S/c1-15-19(16(2)27-24-15)12-25-11-10-18-20(14-28-21(18)13-25)22(26)23-17-8-6-4-3-5-7-9-17/h14,17H,3-13H2,1-2H3,(H,23,26). The first-order valence-corrected chi connectivity index (χ1v) is 11.5. The van der Waals surface area contributed by atoms with E-state index in [2.05, 4.69) is 20.8 Å². The van der Waals surface area contributed by atoms with Gasteiger partial charge in [0.05, 0.1) is 11.3 Å². The van der Waals surface area contributed by atoms with Crippen molar-refractivity contribution in [1.29, 1.82) is 0 Å². The van der Waals surface area contributed by atoms with Crippen molar-refractivity contribution in [2.24, 2.45) is 0 Å². The van der Waals surface area contributed by atoms with Crippen LogP contribution in [0.4, 0.5) is 0 Å². The van der Waals surface area contributed by atoms with E-state index in [0.717, 1.165) is 55.9 Å². The Balaban J connectivity index is 1.39. The van der Waals surface area contributed by atoms with Gasteiger partial charge in [-0.15, -0.1) is 11.3 Å². The Bertz CT molecular complexity index is 798. The Hall–Kier alpha value is -1.66. The number of nitrogens with one attached hydrogen (secondary N) is 1. The second kappa shape index (κ2) is 8.78. The summed E-state index contributed by atoms with van der Waals surface area (Å²) >= 11 is 1.73. The van der Waals surface area contributed by atoms with E-state index in [-0.39, 0.29) is 5.91 Å². The van der Waals surface area contributed by atoms with E-state index in [1.54, 1.807) is 11.3 Å². The predicted molar refractivity (Wildman–Crippen MR) is 112 cm³/mol. The van der Waals surface area contributed by atoms with Gasteiger partial charge in [0.25, 0.3) is 5.91 Å². The van der Waals surface area contributed by atoms with Crippen LogP contribution in [-0.4, -0.2) is 28.6 Å². The number of fused-ring (bicyclic) bond motifs is 1. The molecule has 5 nitrogen and oxygen atoms in total. The normalized spacial score (nSPS) is 19.1.